The van der Waals surface area contributed by atoms with Gasteiger partial charge in [0.2, 0.25) is 5.91 Å². The van der Waals surface area contributed by atoms with Gasteiger partial charge in [-0.2, -0.15) is 0 Å². The first-order chi connectivity index (χ1) is 12.7. The Bertz CT molecular complexity index is 1090. The van der Waals surface area contributed by atoms with Crippen LogP contribution in [0.4, 0.5) is 0 Å². The summed E-state index contributed by atoms with van der Waals surface area (Å²) in [6.07, 6.45) is 2.97. The van der Waals surface area contributed by atoms with Crippen molar-refractivity contribution in [1.29, 1.82) is 0 Å². The molecule has 1 atom stereocenters. The second kappa shape index (κ2) is 7.06. The maximum Gasteiger partial charge on any atom is 0.253 e. The van der Waals surface area contributed by atoms with Gasteiger partial charge in [0.05, 0.1) is 6.54 Å². The lowest BCUT2D eigenvalue weighted by Gasteiger charge is -2.14. The minimum Gasteiger partial charge on any atom is -0.366 e. The molecule has 0 fully saturated rings. The largest absolute Gasteiger partial charge is 0.366 e. The van der Waals surface area contributed by atoms with Crippen molar-refractivity contribution in [1.82, 2.24) is 9.55 Å². The van der Waals surface area contributed by atoms with E-state index >= 15 is 0 Å². The number of carbonyl (C=O) groups is 1. The average molecular weight is 365 g/mol. The van der Waals surface area contributed by atoms with Crippen molar-refractivity contribution >= 4 is 16.8 Å². The van der Waals surface area contributed by atoms with Gasteiger partial charge in [0.15, 0.2) is 0 Å². The number of nitrogens with two attached hydrogens (primary N) is 1. The molecule has 0 aliphatic rings. The lowest BCUT2D eigenvalue weighted by Crippen LogP contribution is -2.18. The third kappa shape index (κ3) is 3.42. The quantitative estimate of drug-likeness (QED) is 0.719. The van der Waals surface area contributed by atoms with E-state index in [0.717, 1.165) is 45.3 Å². The minimum absolute atomic E-state index is 0.0693. The molecule has 27 heavy (non-hydrogen) atoms. The highest BCUT2D eigenvalue weighted by molar-refractivity contribution is 6.07. The molecule has 2 heterocycles. The Hall–Kier alpha value is -2.82. The van der Waals surface area contributed by atoms with Crippen LogP contribution in [0.1, 0.15) is 64.5 Å². The second-order valence-corrected chi connectivity index (χ2v) is 7.52. The highest BCUT2D eigenvalue weighted by Gasteiger charge is 2.18. The predicted octanol–water partition coefficient (Wildman–Crippen LogP) is 3.92. The number of nitrogens with zero attached hydrogens (tertiary/aromatic N) is 1. The van der Waals surface area contributed by atoms with Gasteiger partial charge in [0, 0.05) is 33.9 Å². The number of aryl methyl sites for hydroxylation is 3. The van der Waals surface area contributed by atoms with Crippen molar-refractivity contribution in [2.45, 2.75) is 53.5 Å². The van der Waals surface area contributed by atoms with Crippen LogP contribution in [0.3, 0.4) is 0 Å². The number of carbonyl (C=O) groups excluding carboxylic acids is 1. The van der Waals surface area contributed by atoms with Gasteiger partial charge in [-0.1, -0.05) is 13.8 Å². The lowest BCUT2D eigenvalue weighted by atomic mass is 9.94. The number of H-pyrrole nitrogens is 1. The SMILES string of the molecule is CC[C@@H](C)c1cc(C(N)=O)c2c(C)cn(Cc3c(C)cc(C)[nH]c3=O)c2c1. The number of hydrogen-bond acceptors (Lipinski definition) is 2. The molecular formula is C22H27N3O2. The molecule has 0 aliphatic carbocycles. The van der Waals surface area contributed by atoms with E-state index in [2.05, 4.69) is 29.5 Å². The van der Waals surface area contributed by atoms with Crippen molar-refractivity contribution in [2.75, 3.05) is 0 Å². The predicted molar refractivity (Wildman–Crippen MR) is 110 cm³/mol. The van der Waals surface area contributed by atoms with E-state index in [1.54, 1.807) is 0 Å². The van der Waals surface area contributed by atoms with Gasteiger partial charge in [-0.3, -0.25) is 9.59 Å². The smallest absolute Gasteiger partial charge is 0.253 e. The summed E-state index contributed by atoms with van der Waals surface area (Å²) in [5, 5.41) is 0.871. The third-order valence-electron chi connectivity index (χ3n) is 5.46. The van der Waals surface area contributed by atoms with E-state index in [0.29, 0.717) is 18.0 Å². The minimum atomic E-state index is -0.421. The van der Waals surface area contributed by atoms with Crippen LogP contribution < -0.4 is 11.3 Å². The van der Waals surface area contributed by atoms with Crippen LogP contribution in [0.15, 0.2) is 29.2 Å². The fourth-order valence-electron chi connectivity index (χ4n) is 3.75. The molecule has 5 nitrogen and oxygen atoms in total. The van der Waals surface area contributed by atoms with E-state index in [4.69, 9.17) is 5.73 Å². The molecule has 0 bridgehead atoms. The molecule has 1 aromatic carbocycles. The molecule has 3 N–H and O–H groups in total. The van der Waals surface area contributed by atoms with Gasteiger partial charge in [0.25, 0.3) is 5.56 Å². The normalized spacial score (nSPS) is 12.5. The standard InChI is InChI=1S/C22H27N3O2/c1-6-12(2)16-8-17(21(23)26)20-14(4)10-25(19(20)9-16)11-18-13(3)7-15(5)24-22(18)27/h7-10,12H,6,11H2,1-5H3,(H2,23,26)(H,24,27)/t12-/m1/s1. The van der Waals surface area contributed by atoms with E-state index in [9.17, 15) is 9.59 Å². The van der Waals surface area contributed by atoms with Crippen LogP contribution in [0.2, 0.25) is 0 Å². The maximum absolute atomic E-state index is 12.5. The summed E-state index contributed by atoms with van der Waals surface area (Å²) in [4.78, 5) is 27.4. The molecular weight excluding hydrogens is 338 g/mol. The molecule has 5 heteroatoms. The van der Waals surface area contributed by atoms with Crippen molar-refractivity contribution in [2.24, 2.45) is 5.73 Å². The average Bonchev–Trinajstić information content (AvgIpc) is 2.92. The summed E-state index contributed by atoms with van der Waals surface area (Å²) >= 11 is 0. The summed E-state index contributed by atoms with van der Waals surface area (Å²) in [5.41, 5.74) is 11.7. The Labute approximate surface area is 159 Å². The van der Waals surface area contributed by atoms with Gasteiger partial charge >= 0.3 is 0 Å². The Morgan fingerprint density at radius 2 is 1.89 bits per heavy atom. The van der Waals surface area contributed by atoms with Crippen LogP contribution in [0.5, 0.6) is 0 Å². The molecule has 0 unspecified atom stereocenters. The van der Waals surface area contributed by atoms with Crippen molar-refractivity contribution in [3.8, 4) is 0 Å². The van der Waals surface area contributed by atoms with Crippen LogP contribution >= 0.6 is 0 Å². The first kappa shape index (κ1) is 19.0. The second-order valence-electron chi connectivity index (χ2n) is 7.52. The number of amides is 1. The lowest BCUT2D eigenvalue weighted by molar-refractivity contribution is 0.100. The highest BCUT2D eigenvalue weighted by atomic mass is 16.1. The summed E-state index contributed by atoms with van der Waals surface area (Å²) in [6, 6.07) is 6.02. The molecule has 0 aliphatic heterocycles. The molecule has 0 saturated heterocycles. The van der Waals surface area contributed by atoms with E-state index in [1.807, 2.05) is 39.1 Å². The number of pyridine rings is 1. The summed E-state index contributed by atoms with van der Waals surface area (Å²) in [6.45, 7) is 10.5. The zero-order chi connectivity index (χ0) is 19.9. The summed E-state index contributed by atoms with van der Waals surface area (Å²) < 4.78 is 2.05. The topological polar surface area (TPSA) is 80.9 Å². The Kier molecular flexibility index (Phi) is 4.96. The van der Waals surface area contributed by atoms with Crippen LogP contribution in [-0.2, 0) is 6.54 Å². The van der Waals surface area contributed by atoms with Crippen LogP contribution in [-0.4, -0.2) is 15.5 Å². The van der Waals surface area contributed by atoms with Gasteiger partial charge in [-0.15, -0.1) is 0 Å². The summed E-state index contributed by atoms with van der Waals surface area (Å²) in [7, 11) is 0. The first-order valence-corrected chi connectivity index (χ1v) is 9.35. The maximum atomic E-state index is 12.5. The monoisotopic (exact) mass is 365 g/mol. The Morgan fingerprint density at radius 3 is 2.48 bits per heavy atom. The molecule has 3 rings (SSSR count). The van der Waals surface area contributed by atoms with Gasteiger partial charge in [-0.25, -0.2) is 0 Å². The number of fused-ring (bicyclic) bond motifs is 1. The van der Waals surface area contributed by atoms with Crippen molar-refractivity contribution in [3.05, 3.63) is 68.3 Å². The molecule has 2 aromatic heterocycles. The van der Waals surface area contributed by atoms with E-state index in [1.165, 1.54) is 0 Å². The number of aromatic nitrogens is 2. The Morgan fingerprint density at radius 1 is 1.19 bits per heavy atom. The third-order valence-corrected chi connectivity index (χ3v) is 5.46. The Balaban J connectivity index is 2.24. The molecule has 0 radical (unpaired) electrons. The number of primary amides is 1. The zero-order valence-corrected chi connectivity index (χ0v) is 16.6. The van der Waals surface area contributed by atoms with Crippen molar-refractivity contribution in [3.63, 3.8) is 0 Å². The zero-order valence-electron chi connectivity index (χ0n) is 16.6. The first-order valence-electron chi connectivity index (χ1n) is 9.35. The van der Waals surface area contributed by atoms with Crippen LogP contribution in [0.25, 0.3) is 10.9 Å². The highest BCUT2D eigenvalue weighted by Crippen LogP contribution is 2.31. The molecule has 0 spiro atoms. The molecule has 0 saturated carbocycles. The number of nitrogens with one attached hydrogen (secondary N) is 1. The summed E-state index contributed by atoms with van der Waals surface area (Å²) in [5.74, 6) is -0.101. The fraction of sp³-hybridized carbons (Fsp3) is 0.364. The van der Waals surface area contributed by atoms with Gasteiger partial charge < -0.3 is 15.3 Å². The molecule has 3 aromatic rings. The van der Waals surface area contributed by atoms with Crippen molar-refractivity contribution < 1.29 is 4.79 Å². The van der Waals surface area contributed by atoms with E-state index < -0.39 is 5.91 Å². The number of rotatable bonds is 5. The van der Waals surface area contributed by atoms with Crippen LogP contribution in [0, 0.1) is 20.8 Å². The van der Waals surface area contributed by atoms with E-state index in [-0.39, 0.29) is 5.56 Å². The van der Waals surface area contributed by atoms with Gasteiger partial charge in [0.1, 0.15) is 0 Å². The van der Waals surface area contributed by atoms with Gasteiger partial charge in [-0.05, 0) is 68.0 Å². The fourth-order valence-corrected chi connectivity index (χ4v) is 3.75. The molecule has 1 amide bonds. The number of aromatic amines is 1. The number of hydrogen-bond donors (Lipinski definition) is 2. The molecule has 142 valence electrons. The number of benzene rings is 1.